The normalized spacial score (nSPS) is 13.7. The lowest BCUT2D eigenvalue weighted by molar-refractivity contribution is -0.120. The molecule has 0 aromatic heterocycles. The summed E-state index contributed by atoms with van der Waals surface area (Å²) in [6, 6.07) is 11.6. The fourth-order valence-electron chi connectivity index (χ4n) is 2.67. The van der Waals surface area contributed by atoms with Crippen molar-refractivity contribution in [1.82, 2.24) is 15.4 Å². The number of sulfonamides is 1. The van der Waals surface area contributed by atoms with E-state index in [0.29, 0.717) is 5.56 Å². The molecule has 1 aliphatic carbocycles. The number of nitrogens with one attached hydrogen (secondary N) is 3. The Morgan fingerprint density at radius 2 is 1.72 bits per heavy atom. The lowest BCUT2D eigenvalue weighted by Crippen LogP contribution is -2.35. The van der Waals surface area contributed by atoms with Gasteiger partial charge in [-0.1, -0.05) is 18.2 Å². The maximum absolute atomic E-state index is 13.1. The summed E-state index contributed by atoms with van der Waals surface area (Å²) < 4.78 is 40.2. The van der Waals surface area contributed by atoms with Gasteiger partial charge in [0.15, 0.2) is 0 Å². The van der Waals surface area contributed by atoms with E-state index < -0.39 is 21.7 Å². The van der Waals surface area contributed by atoms with Gasteiger partial charge in [0, 0.05) is 24.7 Å². The van der Waals surface area contributed by atoms with Crippen LogP contribution in [0, 0.1) is 5.82 Å². The van der Waals surface area contributed by atoms with E-state index >= 15 is 0 Å². The summed E-state index contributed by atoms with van der Waals surface area (Å²) in [7, 11) is -3.64. The zero-order valence-corrected chi connectivity index (χ0v) is 16.5. The summed E-state index contributed by atoms with van der Waals surface area (Å²) >= 11 is 0. The van der Waals surface area contributed by atoms with Crippen LogP contribution in [0.25, 0.3) is 0 Å². The maximum atomic E-state index is 13.1. The highest BCUT2D eigenvalue weighted by Gasteiger charge is 2.28. The average Bonchev–Trinajstić information content (AvgIpc) is 3.48. The van der Waals surface area contributed by atoms with Gasteiger partial charge in [0.05, 0.1) is 11.3 Å². The summed E-state index contributed by atoms with van der Waals surface area (Å²) in [5.41, 5.74) is 0.777. The second-order valence-corrected chi connectivity index (χ2v) is 8.55. The van der Waals surface area contributed by atoms with Crippen molar-refractivity contribution in [3.63, 3.8) is 0 Å². The predicted octanol–water partition coefficient (Wildman–Crippen LogP) is 1.36. The van der Waals surface area contributed by atoms with Crippen LogP contribution >= 0.6 is 0 Å². The van der Waals surface area contributed by atoms with E-state index in [-0.39, 0.29) is 41.9 Å². The molecule has 0 atom stereocenters. The summed E-state index contributed by atoms with van der Waals surface area (Å²) in [5, 5.41) is 5.27. The summed E-state index contributed by atoms with van der Waals surface area (Å²) in [5.74, 6) is -1.13. The van der Waals surface area contributed by atoms with Crippen LogP contribution in [0.5, 0.6) is 0 Å². The minimum atomic E-state index is -3.64. The summed E-state index contributed by atoms with van der Waals surface area (Å²) in [6.07, 6.45) is 1.69. The van der Waals surface area contributed by atoms with Crippen LogP contribution in [-0.2, 0) is 21.2 Å². The number of rotatable bonds is 9. The third-order valence-electron chi connectivity index (χ3n) is 4.29. The van der Waals surface area contributed by atoms with Gasteiger partial charge >= 0.3 is 0 Å². The van der Waals surface area contributed by atoms with E-state index in [1.54, 1.807) is 6.07 Å². The topological polar surface area (TPSA) is 104 Å². The van der Waals surface area contributed by atoms with Gasteiger partial charge < -0.3 is 10.6 Å². The average molecular weight is 419 g/mol. The number of halogens is 1. The predicted molar refractivity (Wildman–Crippen MR) is 105 cm³/mol. The molecule has 0 heterocycles. The van der Waals surface area contributed by atoms with Crippen molar-refractivity contribution in [2.24, 2.45) is 0 Å². The molecule has 0 bridgehead atoms. The lowest BCUT2D eigenvalue weighted by atomic mass is 10.1. The molecule has 0 aliphatic heterocycles. The largest absolute Gasteiger partial charge is 0.354 e. The van der Waals surface area contributed by atoms with Crippen LogP contribution in [0.4, 0.5) is 4.39 Å². The van der Waals surface area contributed by atoms with Gasteiger partial charge in [-0.25, -0.2) is 17.5 Å². The van der Waals surface area contributed by atoms with Crippen molar-refractivity contribution in [2.75, 3.05) is 13.1 Å². The molecule has 0 spiro atoms. The molecule has 3 N–H and O–H groups in total. The number of carbonyl (C=O) groups is 2. The van der Waals surface area contributed by atoms with E-state index in [1.165, 1.54) is 42.5 Å². The molecule has 154 valence electrons. The molecule has 1 saturated carbocycles. The Morgan fingerprint density at radius 1 is 1.00 bits per heavy atom. The van der Waals surface area contributed by atoms with Crippen molar-refractivity contribution in [3.05, 3.63) is 65.5 Å². The van der Waals surface area contributed by atoms with Crippen LogP contribution in [0.3, 0.4) is 0 Å². The highest BCUT2D eigenvalue weighted by atomic mass is 32.2. The number of hydrogen-bond donors (Lipinski definition) is 3. The van der Waals surface area contributed by atoms with Crippen molar-refractivity contribution in [2.45, 2.75) is 30.2 Å². The van der Waals surface area contributed by atoms with E-state index in [1.807, 2.05) is 0 Å². The van der Waals surface area contributed by atoms with Crippen molar-refractivity contribution < 1.29 is 22.4 Å². The van der Waals surface area contributed by atoms with Crippen LogP contribution in [0.1, 0.15) is 28.8 Å². The fourth-order valence-corrected chi connectivity index (χ4v) is 4.02. The lowest BCUT2D eigenvalue weighted by Gasteiger charge is -2.09. The molecular weight excluding hydrogens is 397 g/mol. The van der Waals surface area contributed by atoms with E-state index in [0.717, 1.165) is 12.8 Å². The zero-order chi connectivity index (χ0) is 20.9. The number of hydrogen-bond acceptors (Lipinski definition) is 4. The summed E-state index contributed by atoms with van der Waals surface area (Å²) in [4.78, 5) is 24.2. The Morgan fingerprint density at radius 3 is 2.45 bits per heavy atom. The first-order valence-electron chi connectivity index (χ1n) is 9.25. The second-order valence-electron chi connectivity index (χ2n) is 6.84. The molecule has 2 amide bonds. The Balaban J connectivity index is 1.46. The maximum Gasteiger partial charge on any atom is 0.251 e. The molecule has 0 saturated heterocycles. The summed E-state index contributed by atoms with van der Waals surface area (Å²) in [6.45, 7) is 0.367. The van der Waals surface area contributed by atoms with Crippen molar-refractivity contribution in [3.8, 4) is 0 Å². The smallest absolute Gasteiger partial charge is 0.251 e. The van der Waals surface area contributed by atoms with Crippen molar-refractivity contribution in [1.29, 1.82) is 0 Å². The molecule has 29 heavy (non-hydrogen) atoms. The zero-order valence-electron chi connectivity index (χ0n) is 15.7. The minimum Gasteiger partial charge on any atom is -0.354 e. The Labute approximate surface area is 168 Å². The van der Waals surface area contributed by atoms with Crippen LogP contribution in [0.2, 0.25) is 0 Å². The molecule has 2 aromatic carbocycles. The highest BCUT2D eigenvalue weighted by molar-refractivity contribution is 7.89. The van der Waals surface area contributed by atoms with Gasteiger partial charge in [0.2, 0.25) is 15.9 Å². The third-order valence-corrected chi connectivity index (χ3v) is 5.81. The molecule has 9 heteroatoms. The van der Waals surface area contributed by atoms with Crippen LogP contribution in [0.15, 0.2) is 53.4 Å². The van der Waals surface area contributed by atoms with Crippen LogP contribution in [-0.4, -0.2) is 39.4 Å². The molecule has 0 unspecified atom stereocenters. The third kappa shape index (κ3) is 6.37. The first-order valence-corrected chi connectivity index (χ1v) is 10.7. The first-order chi connectivity index (χ1) is 13.8. The molecule has 3 rings (SSSR count). The Bertz CT molecular complexity index is 1010. The van der Waals surface area contributed by atoms with Crippen molar-refractivity contribution >= 4 is 21.8 Å². The quantitative estimate of drug-likeness (QED) is 0.534. The number of amides is 2. The van der Waals surface area contributed by atoms with Gasteiger partial charge in [-0.3, -0.25) is 9.59 Å². The molecule has 1 aliphatic rings. The second kappa shape index (κ2) is 9.15. The minimum absolute atomic E-state index is 0.0199. The van der Waals surface area contributed by atoms with E-state index in [2.05, 4.69) is 15.4 Å². The molecule has 1 fully saturated rings. The van der Waals surface area contributed by atoms with E-state index in [4.69, 9.17) is 0 Å². The molecular formula is C20H22FN3O4S. The fraction of sp³-hybridized carbons (Fsp3) is 0.300. The standard InChI is InChI=1S/C20H22FN3O4S/c21-16-5-1-3-14(11-16)12-19(25)22-9-10-23-20(26)15-4-2-6-18(13-15)29(27,28)24-17-7-8-17/h1-6,11,13,17,24H,7-10,12H2,(H,22,25)(H,23,26). The Kier molecular flexibility index (Phi) is 6.60. The van der Waals surface area contributed by atoms with Gasteiger partial charge in [0.25, 0.3) is 5.91 Å². The monoisotopic (exact) mass is 419 g/mol. The highest BCUT2D eigenvalue weighted by Crippen LogP contribution is 2.22. The van der Waals surface area contributed by atoms with E-state index in [9.17, 15) is 22.4 Å². The van der Waals surface area contributed by atoms with Gasteiger partial charge in [0.1, 0.15) is 5.82 Å². The SMILES string of the molecule is O=C(Cc1cccc(F)c1)NCCNC(=O)c1cccc(S(=O)(=O)NC2CC2)c1. The van der Waals surface area contributed by atoms with Gasteiger partial charge in [-0.05, 0) is 48.7 Å². The Hall–Kier alpha value is -2.78. The van der Waals surface area contributed by atoms with Crippen LogP contribution < -0.4 is 15.4 Å². The molecule has 0 radical (unpaired) electrons. The first kappa shape index (κ1) is 20.9. The number of benzene rings is 2. The van der Waals surface area contributed by atoms with Gasteiger partial charge in [-0.15, -0.1) is 0 Å². The van der Waals surface area contributed by atoms with Gasteiger partial charge in [-0.2, -0.15) is 0 Å². The number of carbonyl (C=O) groups excluding carboxylic acids is 2. The molecule has 7 nitrogen and oxygen atoms in total. The molecule has 2 aromatic rings.